The van der Waals surface area contributed by atoms with E-state index in [0.717, 1.165) is 4.47 Å². The Kier molecular flexibility index (Phi) is 4.24. The maximum absolute atomic E-state index is 12.0. The first-order chi connectivity index (χ1) is 8.99. The number of nitrogens with two attached hydrogens (primary N) is 1. The first-order valence-corrected chi connectivity index (χ1v) is 6.70. The monoisotopic (exact) mass is 358 g/mol. The SMILES string of the molecule is NC(=S)c1cc(Br)ccc1NC(=O)c1ccoc1Cl. The molecule has 0 radical (unpaired) electrons. The fourth-order valence-corrected chi connectivity index (χ4v) is 2.20. The van der Waals surface area contributed by atoms with Crippen LogP contribution >= 0.6 is 39.7 Å². The number of rotatable bonds is 3. The van der Waals surface area contributed by atoms with Gasteiger partial charge in [-0.2, -0.15) is 0 Å². The number of amides is 1. The van der Waals surface area contributed by atoms with Gasteiger partial charge in [-0.25, -0.2) is 0 Å². The highest BCUT2D eigenvalue weighted by Gasteiger charge is 2.15. The number of hydrogen-bond acceptors (Lipinski definition) is 3. The van der Waals surface area contributed by atoms with Crippen LogP contribution in [0, 0.1) is 0 Å². The number of benzene rings is 1. The summed E-state index contributed by atoms with van der Waals surface area (Å²) < 4.78 is 5.68. The standard InChI is InChI=1S/C12H8BrClN2O2S/c13-6-1-2-9(8(5-6)11(15)19)16-12(17)7-3-4-18-10(7)14/h1-5H,(H2,15,19)(H,16,17). The van der Waals surface area contributed by atoms with Crippen LogP contribution in [0.1, 0.15) is 15.9 Å². The van der Waals surface area contributed by atoms with Crippen molar-refractivity contribution in [2.75, 3.05) is 5.32 Å². The molecule has 1 aromatic heterocycles. The molecule has 7 heteroatoms. The number of nitrogens with one attached hydrogen (secondary N) is 1. The third-order valence-corrected chi connectivity index (χ3v) is 3.36. The molecule has 3 N–H and O–H groups in total. The number of hydrogen-bond donors (Lipinski definition) is 2. The molecular formula is C12H8BrClN2O2S. The molecule has 2 rings (SSSR count). The Morgan fingerprint density at radius 3 is 2.68 bits per heavy atom. The van der Waals surface area contributed by atoms with Crippen molar-refractivity contribution in [3.05, 3.63) is 51.3 Å². The first kappa shape index (κ1) is 14.0. The fraction of sp³-hybridized carbons (Fsp3) is 0. The molecule has 0 spiro atoms. The summed E-state index contributed by atoms with van der Waals surface area (Å²) in [5.74, 6) is -0.390. The maximum Gasteiger partial charge on any atom is 0.260 e. The molecule has 0 saturated heterocycles. The van der Waals surface area contributed by atoms with Gasteiger partial charge in [0.15, 0.2) is 0 Å². The summed E-state index contributed by atoms with van der Waals surface area (Å²) in [4.78, 5) is 12.2. The predicted molar refractivity (Wildman–Crippen MR) is 81.7 cm³/mol. The number of halogens is 2. The topological polar surface area (TPSA) is 68.3 Å². The molecule has 1 amide bonds. The van der Waals surface area contributed by atoms with E-state index in [9.17, 15) is 4.79 Å². The Bertz CT molecular complexity index is 657. The second-order valence-corrected chi connectivity index (χ2v) is 5.32. The molecule has 1 aromatic carbocycles. The molecule has 0 unspecified atom stereocenters. The van der Waals surface area contributed by atoms with Gasteiger partial charge in [0.2, 0.25) is 5.22 Å². The Balaban J connectivity index is 2.32. The summed E-state index contributed by atoms with van der Waals surface area (Å²) in [5, 5.41) is 2.72. The van der Waals surface area contributed by atoms with Crippen molar-refractivity contribution >= 4 is 56.3 Å². The van der Waals surface area contributed by atoms with Crippen molar-refractivity contribution in [1.82, 2.24) is 0 Å². The van der Waals surface area contributed by atoms with Gasteiger partial charge in [0.1, 0.15) is 4.99 Å². The molecule has 0 fully saturated rings. The van der Waals surface area contributed by atoms with E-state index in [1.165, 1.54) is 12.3 Å². The molecule has 0 bridgehead atoms. The predicted octanol–water partition coefficient (Wildman–Crippen LogP) is 3.58. The Hall–Kier alpha value is -1.37. The Morgan fingerprint density at radius 1 is 1.37 bits per heavy atom. The van der Waals surface area contributed by atoms with Crippen LogP contribution in [0.5, 0.6) is 0 Å². The molecule has 19 heavy (non-hydrogen) atoms. The van der Waals surface area contributed by atoms with E-state index < -0.39 is 5.91 Å². The number of thiocarbonyl (C=S) groups is 1. The molecule has 4 nitrogen and oxygen atoms in total. The van der Waals surface area contributed by atoms with Crippen LogP contribution in [0.4, 0.5) is 5.69 Å². The largest absolute Gasteiger partial charge is 0.452 e. The molecule has 0 atom stereocenters. The molecule has 1 heterocycles. The van der Waals surface area contributed by atoms with Crippen molar-refractivity contribution in [3.8, 4) is 0 Å². The quantitative estimate of drug-likeness (QED) is 0.822. The van der Waals surface area contributed by atoms with Gasteiger partial charge in [0.25, 0.3) is 5.91 Å². The van der Waals surface area contributed by atoms with E-state index >= 15 is 0 Å². The zero-order valence-corrected chi connectivity index (χ0v) is 12.6. The number of carbonyl (C=O) groups is 1. The van der Waals surface area contributed by atoms with Gasteiger partial charge in [-0.1, -0.05) is 28.1 Å². The van der Waals surface area contributed by atoms with Gasteiger partial charge < -0.3 is 15.5 Å². The highest BCUT2D eigenvalue weighted by atomic mass is 79.9. The third-order valence-electron chi connectivity index (χ3n) is 2.36. The van der Waals surface area contributed by atoms with E-state index in [0.29, 0.717) is 11.3 Å². The third kappa shape index (κ3) is 3.15. The lowest BCUT2D eigenvalue weighted by Gasteiger charge is -2.10. The van der Waals surface area contributed by atoms with Gasteiger partial charge in [0, 0.05) is 10.0 Å². The maximum atomic E-state index is 12.0. The van der Waals surface area contributed by atoms with Gasteiger partial charge in [-0.15, -0.1) is 0 Å². The van der Waals surface area contributed by atoms with E-state index in [1.807, 2.05) is 0 Å². The summed E-state index contributed by atoms with van der Waals surface area (Å²) >= 11 is 14.0. The Morgan fingerprint density at radius 2 is 2.11 bits per heavy atom. The summed E-state index contributed by atoms with van der Waals surface area (Å²) in [6, 6.07) is 6.69. The number of carbonyl (C=O) groups excluding carboxylic acids is 1. The normalized spacial score (nSPS) is 10.2. The van der Waals surface area contributed by atoms with Gasteiger partial charge in [-0.05, 0) is 35.9 Å². The van der Waals surface area contributed by atoms with Gasteiger partial charge in [0.05, 0.1) is 17.5 Å². The van der Waals surface area contributed by atoms with Crippen molar-refractivity contribution < 1.29 is 9.21 Å². The number of anilines is 1. The lowest BCUT2D eigenvalue weighted by atomic mass is 10.1. The van der Waals surface area contributed by atoms with Crippen LogP contribution in [0.2, 0.25) is 5.22 Å². The highest BCUT2D eigenvalue weighted by molar-refractivity contribution is 9.10. The summed E-state index contributed by atoms with van der Waals surface area (Å²) in [6.07, 6.45) is 1.34. The van der Waals surface area contributed by atoms with Crippen LogP contribution in [-0.4, -0.2) is 10.9 Å². The summed E-state index contributed by atoms with van der Waals surface area (Å²) in [7, 11) is 0. The minimum Gasteiger partial charge on any atom is -0.452 e. The van der Waals surface area contributed by atoms with Crippen molar-refractivity contribution in [2.45, 2.75) is 0 Å². The zero-order valence-electron chi connectivity index (χ0n) is 9.44. The molecule has 2 aromatic rings. The van der Waals surface area contributed by atoms with Crippen LogP contribution in [0.25, 0.3) is 0 Å². The lowest BCUT2D eigenvalue weighted by molar-refractivity contribution is 0.102. The zero-order chi connectivity index (χ0) is 14.0. The van der Waals surface area contributed by atoms with Crippen LogP contribution in [-0.2, 0) is 0 Å². The van der Waals surface area contributed by atoms with Crippen molar-refractivity contribution in [3.63, 3.8) is 0 Å². The van der Waals surface area contributed by atoms with Crippen LogP contribution in [0.15, 0.2) is 39.4 Å². The fourth-order valence-electron chi connectivity index (χ4n) is 1.47. The molecule has 0 aliphatic carbocycles. The number of furan rings is 1. The van der Waals surface area contributed by atoms with Gasteiger partial charge >= 0.3 is 0 Å². The minimum atomic E-state index is -0.390. The van der Waals surface area contributed by atoms with E-state index in [-0.39, 0.29) is 15.8 Å². The molecule has 0 aliphatic heterocycles. The average Bonchev–Trinajstić information content (AvgIpc) is 2.77. The summed E-state index contributed by atoms with van der Waals surface area (Å²) in [6.45, 7) is 0. The smallest absolute Gasteiger partial charge is 0.260 e. The van der Waals surface area contributed by atoms with Gasteiger partial charge in [-0.3, -0.25) is 4.79 Å². The molecule has 0 saturated carbocycles. The summed E-state index contributed by atoms with van der Waals surface area (Å²) in [5.41, 5.74) is 6.95. The lowest BCUT2D eigenvalue weighted by Crippen LogP contribution is -2.17. The average molecular weight is 360 g/mol. The first-order valence-electron chi connectivity index (χ1n) is 5.12. The van der Waals surface area contributed by atoms with E-state index in [2.05, 4.69) is 21.2 Å². The molecular weight excluding hydrogens is 352 g/mol. The molecule has 0 aliphatic rings. The van der Waals surface area contributed by atoms with Crippen LogP contribution in [0.3, 0.4) is 0 Å². The second-order valence-electron chi connectivity index (χ2n) is 3.62. The van der Waals surface area contributed by atoms with Crippen molar-refractivity contribution in [2.24, 2.45) is 5.73 Å². The van der Waals surface area contributed by atoms with E-state index in [1.54, 1.807) is 18.2 Å². The van der Waals surface area contributed by atoms with E-state index in [4.69, 9.17) is 34.0 Å². The Labute approximate surface area is 128 Å². The second kappa shape index (κ2) is 5.73. The van der Waals surface area contributed by atoms with Crippen molar-refractivity contribution in [1.29, 1.82) is 0 Å². The van der Waals surface area contributed by atoms with Crippen LogP contribution < -0.4 is 11.1 Å². The molecule has 98 valence electrons. The highest BCUT2D eigenvalue weighted by Crippen LogP contribution is 2.23. The minimum absolute atomic E-state index is 0.0338.